The Hall–Kier alpha value is -3.99. The number of piperidine rings is 2. The van der Waals surface area contributed by atoms with Gasteiger partial charge in [-0.05, 0) is 92.9 Å². The molecular weight excluding hydrogens is 662 g/mol. The van der Waals surface area contributed by atoms with Crippen molar-refractivity contribution in [1.82, 2.24) is 29.2 Å². The van der Waals surface area contributed by atoms with Crippen LogP contribution < -0.4 is 5.32 Å². The molecule has 1 aromatic carbocycles. The summed E-state index contributed by atoms with van der Waals surface area (Å²) in [5.41, 5.74) is 4.46. The average molecular weight is 705 g/mol. The van der Waals surface area contributed by atoms with Crippen molar-refractivity contribution in [2.75, 3.05) is 51.1 Å². The van der Waals surface area contributed by atoms with Crippen molar-refractivity contribution in [2.24, 2.45) is 5.41 Å². The number of hydrogen-bond acceptors (Lipinski definition) is 8. The minimum Gasteiger partial charge on any atom is -0.367 e. The molecule has 3 aromatic heterocycles. The second-order valence-corrected chi connectivity index (χ2v) is 15.4. The van der Waals surface area contributed by atoms with Gasteiger partial charge >= 0.3 is 6.18 Å². The Morgan fingerprint density at radius 1 is 1.08 bits per heavy atom. The van der Waals surface area contributed by atoms with Crippen LogP contribution in [0.25, 0.3) is 21.1 Å². The third-order valence-electron chi connectivity index (χ3n) is 11.1. The van der Waals surface area contributed by atoms with E-state index in [9.17, 15) is 23.2 Å². The summed E-state index contributed by atoms with van der Waals surface area (Å²) in [6.07, 6.45) is 2.66. The molecule has 50 heavy (non-hydrogen) atoms. The highest BCUT2D eigenvalue weighted by atomic mass is 32.1. The number of carbonyl (C=O) groups is 1. The van der Waals surface area contributed by atoms with E-state index in [1.54, 1.807) is 6.07 Å². The Morgan fingerprint density at radius 2 is 1.84 bits per heavy atom. The number of alkyl halides is 3. The minimum atomic E-state index is -4.26. The largest absolute Gasteiger partial charge is 0.393 e. The normalized spacial score (nSPS) is 19.1. The number of halogens is 3. The molecule has 3 aliphatic heterocycles. The molecule has 6 heterocycles. The maximum atomic E-state index is 13.0. The van der Waals surface area contributed by atoms with Gasteiger partial charge in [-0.2, -0.15) is 18.4 Å². The maximum absolute atomic E-state index is 13.0. The van der Waals surface area contributed by atoms with Gasteiger partial charge in [-0.1, -0.05) is 12.6 Å². The number of thiophene rings is 1. The molecule has 1 amide bonds. The summed E-state index contributed by atoms with van der Waals surface area (Å²) in [4.78, 5) is 28.4. The third kappa shape index (κ3) is 7.24. The zero-order valence-electron chi connectivity index (χ0n) is 28.4. The van der Waals surface area contributed by atoms with Crippen molar-refractivity contribution >= 4 is 44.2 Å². The number of aryl methyl sites for hydroxylation is 1. The molecule has 0 aliphatic carbocycles. The first-order valence-electron chi connectivity index (χ1n) is 17.5. The quantitative estimate of drug-likeness (QED) is 0.199. The number of amides is 1. The number of rotatable bonds is 9. The van der Waals surface area contributed by atoms with Gasteiger partial charge in [0.2, 0.25) is 5.91 Å². The molecule has 7 rings (SSSR count). The molecule has 3 fully saturated rings. The zero-order valence-corrected chi connectivity index (χ0v) is 29.3. The van der Waals surface area contributed by atoms with E-state index in [0.29, 0.717) is 21.7 Å². The monoisotopic (exact) mass is 704 g/mol. The molecule has 1 spiro atoms. The van der Waals surface area contributed by atoms with Gasteiger partial charge in [0.05, 0.1) is 11.8 Å². The SMILES string of the molecule is C=CC(=O)N1CCC2(CCN(CCn3c(C#N)cc4c(C)c(CN5CCC(Nc6ncnc7sc(CC(F)(F)F)cc67)CC5)ccc43)CC2)C1. The lowest BCUT2D eigenvalue weighted by molar-refractivity contribution is -0.127. The van der Waals surface area contributed by atoms with Crippen molar-refractivity contribution in [3.8, 4) is 6.07 Å². The van der Waals surface area contributed by atoms with Crippen molar-refractivity contribution < 1.29 is 18.0 Å². The van der Waals surface area contributed by atoms with E-state index >= 15 is 0 Å². The molecule has 3 aliphatic rings. The smallest absolute Gasteiger partial charge is 0.367 e. The summed E-state index contributed by atoms with van der Waals surface area (Å²) in [7, 11) is 0. The minimum absolute atomic E-state index is 0.0381. The lowest BCUT2D eigenvalue weighted by Crippen LogP contribution is -2.43. The number of nitrogens with one attached hydrogen (secondary N) is 1. The molecule has 3 saturated heterocycles. The summed E-state index contributed by atoms with van der Waals surface area (Å²) >= 11 is 1.07. The molecule has 4 aromatic rings. The fraction of sp³-hybridized carbons (Fsp3) is 0.514. The number of hydrogen-bond donors (Lipinski definition) is 1. The van der Waals surface area contributed by atoms with E-state index < -0.39 is 12.6 Å². The first-order valence-corrected chi connectivity index (χ1v) is 18.3. The summed E-state index contributed by atoms with van der Waals surface area (Å²) in [5.74, 6) is 0.639. The van der Waals surface area contributed by atoms with Crippen molar-refractivity contribution in [2.45, 2.75) is 70.8 Å². The summed E-state index contributed by atoms with van der Waals surface area (Å²) in [6.45, 7) is 13.7. The molecule has 1 N–H and O–H groups in total. The van der Waals surface area contributed by atoms with E-state index in [1.165, 1.54) is 23.5 Å². The molecule has 264 valence electrons. The molecule has 0 bridgehead atoms. The van der Waals surface area contributed by atoms with Crippen molar-refractivity contribution in [1.29, 1.82) is 5.26 Å². The van der Waals surface area contributed by atoms with Crippen LogP contribution in [0.2, 0.25) is 0 Å². The van der Waals surface area contributed by atoms with Crippen molar-refractivity contribution in [3.63, 3.8) is 0 Å². The van der Waals surface area contributed by atoms with E-state index in [2.05, 4.69) is 61.4 Å². The van der Waals surface area contributed by atoms with Gasteiger partial charge in [0.25, 0.3) is 0 Å². The van der Waals surface area contributed by atoms with Crippen LogP contribution in [0.1, 0.15) is 53.8 Å². The first kappa shape index (κ1) is 34.5. The number of likely N-dealkylation sites (tertiary alicyclic amines) is 3. The van der Waals surface area contributed by atoms with Crippen LogP contribution >= 0.6 is 11.3 Å². The van der Waals surface area contributed by atoms with E-state index in [4.69, 9.17) is 0 Å². The van der Waals surface area contributed by atoms with E-state index in [-0.39, 0.29) is 22.2 Å². The van der Waals surface area contributed by atoms with E-state index in [0.717, 1.165) is 113 Å². The van der Waals surface area contributed by atoms with Crippen molar-refractivity contribution in [3.05, 3.63) is 64.9 Å². The molecule has 0 saturated carbocycles. The highest BCUT2D eigenvalue weighted by Crippen LogP contribution is 2.40. The van der Waals surface area contributed by atoms with E-state index in [1.807, 2.05) is 11.0 Å². The van der Waals surface area contributed by atoms with Gasteiger partial charge < -0.3 is 19.7 Å². The Bertz CT molecular complexity index is 1930. The average Bonchev–Trinajstić information content (AvgIpc) is 3.81. The molecule has 0 atom stereocenters. The zero-order chi connectivity index (χ0) is 35.0. The number of aromatic nitrogens is 3. The van der Waals surface area contributed by atoms with Crippen LogP contribution in [-0.2, 0) is 24.3 Å². The van der Waals surface area contributed by atoms with Gasteiger partial charge in [0, 0.05) is 67.6 Å². The summed E-state index contributed by atoms with van der Waals surface area (Å²) in [5, 5.41) is 15.3. The van der Waals surface area contributed by atoms with Crippen LogP contribution in [0, 0.1) is 23.7 Å². The first-order chi connectivity index (χ1) is 24.0. The Labute approximate surface area is 294 Å². The predicted molar refractivity (Wildman–Crippen MR) is 190 cm³/mol. The molecule has 9 nitrogen and oxygen atoms in total. The standard InChI is InChI=1S/C37H43F3N8OS/c1-3-33(49)47-15-10-36(23-47)8-13-45(14-9-36)16-17-48-28(21-41)18-30-25(2)26(4-5-32(30)48)22-46-11-6-27(7-12-46)44-34-31-19-29(20-37(38,39)40)50-35(31)43-24-42-34/h3-5,18-19,24,27H,1,6-17,20,22-23H2,2H3,(H,42,43,44). The summed E-state index contributed by atoms with van der Waals surface area (Å²) in [6, 6.07) is 10.6. The third-order valence-corrected chi connectivity index (χ3v) is 12.2. The fourth-order valence-corrected chi connectivity index (χ4v) is 9.18. The van der Waals surface area contributed by atoms with Gasteiger partial charge in [0.1, 0.15) is 28.7 Å². The topological polar surface area (TPSA) is 93.3 Å². The number of anilines is 1. The number of nitriles is 1. The lowest BCUT2D eigenvalue weighted by Gasteiger charge is -2.39. The molecular formula is C37H43F3N8OS. The Morgan fingerprint density at radius 3 is 2.56 bits per heavy atom. The number of benzene rings is 1. The van der Waals surface area contributed by atoms with Crippen LogP contribution in [0.15, 0.2) is 43.2 Å². The summed E-state index contributed by atoms with van der Waals surface area (Å²) < 4.78 is 41.1. The van der Waals surface area contributed by atoms with Gasteiger partial charge in [-0.25, -0.2) is 9.97 Å². The predicted octanol–water partition coefficient (Wildman–Crippen LogP) is 6.51. The van der Waals surface area contributed by atoms with Crippen LogP contribution in [0.5, 0.6) is 0 Å². The number of carbonyl (C=O) groups excluding carboxylic acids is 1. The second-order valence-electron chi connectivity index (χ2n) is 14.3. The molecule has 0 unspecified atom stereocenters. The maximum Gasteiger partial charge on any atom is 0.393 e. The van der Waals surface area contributed by atoms with Gasteiger partial charge in [-0.15, -0.1) is 11.3 Å². The number of fused-ring (bicyclic) bond motifs is 2. The highest BCUT2D eigenvalue weighted by molar-refractivity contribution is 7.18. The number of nitrogens with zero attached hydrogens (tertiary/aromatic N) is 7. The van der Waals surface area contributed by atoms with Crippen LogP contribution in [0.4, 0.5) is 19.0 Å². The van der Waals surface area contributed by atoms with Crippen LogP contribution in [-0.4, -0.2) is 93.2 Å². The highest BCUT2D eigenvalue weighted by Gasteiger charge is 2.41. The Kier molecular flexibility index (Phi) is 9.62. The second kappa shape index (κ2) is 14.0. The Balaban J connectivity index is 0.943. The lowest BCUT2D eigenvalue weighted by atomic mass is 9.78. The van der Waals surface area contributed by atoms with Gasteiger partial charge in [0.15, 0.2) is 0 Å². The fourth-order valence-electron chi connectivity index (χ4n) is 8.15. The molecule has 13 heteroatoms. The molecule has 0 radical (unpaired) electrons. The van der Waals surface area contributed by atoms with Gasteiger partial charge in [-0.3, -0.25) is 9.69 Å². The van der Waals surface area contributed by atoms with Crippen LogP contribution in [0.3, 0.4) is 0 Å².